The van der Waals surface area contributed by atoms with Crippen LogP contribution in [0.1, 0.15) is 136 Å². The summed E-state index contributed by atoms with van der Waals surface area (Å²) in [6.45, 7) is 3.34. The summed E-state index contributed by atoms with van der Waals surface area (Å²) in [7, 11) is -4.43. The number of hydrogen-bond donors (Lipinski definition) is 3. The summed E-state index contributed by atoms with van der Waals surface area (Å²) in [5.74, 6) is -1.04. The van der Waals surface area contributed by atoms with Crippen LogP contribution in [0.15, 0.2) is 97.2 Å². The maximum absolute atomic E-state index is 12.6. The third-order valence-electron chi connectivity index (χ3n) is 8.05. The SMILES string of the molecule is CC/C=C\C/C=C\C/C=C\C/C=C\C=C/C(O)C/C=C\CCC(=O)O[C@H](COC(=O)CCCCCCC/C=C\C/C=C\CCCCC)COP(=O)(O)OCCN. The molecule has 0 aromatic heterocycles. The summed E-state index contributed by atoms with van der Waals surface area (Å²) >= 11 is 0. The van der Waals surface area contributed by atoms with Crippen LogP contribution in [-0.2, 0) is 32.7 Å². The number of hydrogen-bond acceptors (Lipinski definition) is 9. The summed E-state index contributed by atoms with van der Waals surface area (Å²) in [6.07, 6.45) is 47.5. The lowest BCUT2D eigenvalue weighted by Crippen LogP contribution is -2.29. The van der Waals surface area contributed by atoms with Crippen molar-refractivity contribution < 1.29 is 42.7 Å². The lowest BCUT2D eigenvalue weighted by atomic mass is 10.1. The van der Waals surface area contributed by atoms with Crippen LogP contribution in [0.3, 0.4) is 0 Å². The summed E-state index contributed by atoms with van der Waals surface area (Å²) < 4.78 is 32.6. The van der Waals surface area contributed by atoms with E-state index >= 15 is 0 Å². The lowest BCUT2D eigenvalue weighted by Gasteiger charge is -2.19. The van der Waals surface area contributed by atoms with Gasteiger partial charge in [-0.05, 0) is 77.0 Å². The Balaban J connectivity index is 4.46. The molecule has 318 valence electrons. The number of unbranched alkanes of at least 4 members (excludes halogenated alkanes) is 8. The zero-order chi connectivity index (χ0) is 41.2. The summed E-state index contributed by atoms with van der Waals surface area (Å²) in [6, 6.07) is 0. The average molecular weight is 804 g/mol. The minimum absolute atomic E-state index is 0.0151. The van der Waals surface area contributed by atoms with Crippen molar-refractivity contribution in [1.82, 2.24) is 0 Å². The van der Waals surface area contributed by atoms with Crippen molar-refractivity contribution >= 4 is 19.8 Å². The quantitative estimate of drug-likeness (QED) is 0.0182. The van der Waals surface area contributed by atoms with Gasteiger partial charge in [0.25, 0.3) is 0 Å². The summed E-state index contributed by atoms with van der Waals surface area (Å²) in [5.41, 5.74) is 5.33. The van der Waals surface area contributed by atoms with E-state index in [9.17, 15) is 24.2 Å². The number of allylic oxidation sites excluding steroid dienone is 14. The maximum atomic E-state index is 12.6. The number of phosphoric acid groups is 1. The molecular weight excluding hydrogens is 729 g/mol. The predicted octanol–water partition coefficient (Wildman–Crippen LogP) is 10.8. The molecule has 0 fully saturated rings. The minimum atomic E-state index is -4.43. The number of aliphatic hydroxyl groups is 1. The van der Waals surface area contributed by atoms with E-state index in [2.05, 4.69) is 74.6 Å². The molecule has 0 aromatic carbocycles. The van der Waals surface area contributed by atoms with Crippen molar-refractivity contribution in [1.29, 1.82) is 0 Å². The second kappa shape index (κ2) is 40.1. The molecule has 4 N–H and O–H groups in total. The Labute approximate surface area is 339 Å². The van der Waals surface area contributed by atoms with E-state index in [0.29, 0.717) is 19.3 Å². The first-order valence-electron chi connectivity index (χ1n) is 20.8. The van der Waals surface area contributed by atoms with E-state index in [1.165, 1.54) is 19.3 Å². The molecule has 0 aliphatic rings. The smallest absolute Gasteiger partial charge is 0.462 e. The highest BCUT2D eigenvalue weighted by Gasteiger charge is 2.25. The van der Waals surface area contributed by atoms with Crippen molar-refractivity contribution in [3.05, 3.63) is 97.2 Å². The maximum Gasteiger partial charge on any atom is 0.472 e. The number of carbonyl (C=O) groups excluding carboxylic acids is 2. The number of esters is 2. The molecule has 0 saturated carbocycles. The number of carbonyl (C=O) groups is 2. The second-order valence-electron chi connectivity index (χ2n) is 13.3. The van der Waals surface area contributed by atoms with Crippen LogP contribution < -0.4 is 5.73 Å². The Kier molecular flexibility index (Phi) is 37.9. The minimum Gasteiger partial charge on any atom is -0.462 e. The average Bonchev–Trinajstić information content (AvgIpc) is 3.18. The number of phosphoric ester groups is 1. The molecule has 0 aliphatic heterocycles. The lowest BCUT2D eigenvalue weighted by molar-refractivity contribution is -0.161. The molecule has 3 atom stereocenters. The topological polar surface area (TPSA) is 155 Å². The molecular formula is C45H74NO9P. The second-order valence-corrected chi connectivity index (χ2v) is 14.8. The van der Waals surface area contributed by atoms with Crippen LogP contribution in [0.4, 0.5) is 0 Å². The molecule has 2 unspecified atom stereocenters. The van der Waals surface area contributed by atoms with Gasteiger partial charge in [0.1, 0.15) is 6.61 Å². The van der Waals surface area contributed by atoms with Gasteiger partial charge in [-0.3, -0.25) is 18.6 Å². The first-order chi connectivity index (χ1) is 27.2. The third-order valence-corrected chi connectivity index (χ3v) is 9.03. The van der Waals surface area contributed by atoms with E-state index in [1.807, 2.05) is 18.2 Å². The van der Waals surface area contributed by atoms with Gasteiger partial charge in [0.15, 0.2) is 6.10 Å². The van der Waals surface area contributed by atoms with E-state index in [-0.39, 0.29) is 32.6 Å². The third kappa shape index (κ3) is 39.1. The van der Waals surface area contributed by atoms with Gasteiger partial charge in [-0.2, -0.15) is 0 Å². The number of nitrogens with two attached hydrogens (primary N) is 1. The van der Waals surface area contributed by atoms with Crippen molar-refractivity contribution in [2.45, 2.75) is 148 Å². The van der Waals surface area contributed by atoms with E-state index in [4.69, 9.17) is 24.3 Å². The molecule has 0 aliphatic carbocycles. The molecule has 11 heteroatoms. The fourth-order valence-corrected chi connectivity index (χ4v) is 5.71. The molecule has 0 rings (SSSR count). The van der Waals surface area contributed by atoms with E-state index < -0.39 is 38.6 Å². The molecule has 0 heterocycles. The van der Waals surface area contributed by atoms with Gasteiger partial charge in [0.05, 0.1) is 19.3 Å². The zero-order valence-corrected chi connectivity index (χ0v) is 35.3. The van der Waals surface area contributed by atoms with Crippen molar-refractivity contribution in [3.63, 3.8) is 0 Å². The van der Waals surface area contributed by atoms with Gasteiger partial charge >= 0.3 is 19.8 Å². The molecule has 0 radical (unpaired) electrons. The van der Waals surface area contributed by atoms with Crippen LogP contribution in [-0.4, -0.2) is 60.5 Å². The molecule has 56 heavy (non-hydrogen) atoms. The first-order valence-corrected chi connectivity index (χ1v) is 22.3. The van der Waals surface area contributed by atoms with Gasteiger partial charge in [-0.1, -0.05) is 143 Å². The number of rotatable bonds is 37. The molecule has 0 aromatic rings. The highest BCUT2D eigenvalue weighted by molar-refractivity contribution is 7.47. The molecule has 0 amide bonds. The van der Waals surface area contributed by atoms with Crippen molar-refractivity contribution in [2.24, 2.45) is 5.73 Å². The standard InChI is InChI=1S/C45H74NO9P/c1-3-5-7-9-11-13-15-17-18-20-22-24-26-28-32-36-44(48)52-40-43(41-54-56(50,51)53-39-38-46)55-45(49)37-33-29-31-35-42(47)34-30-27-25-23-21-19-16-14-12-10-8-6-4-2/h6,8,11-14,17-19,21,25,27,29-31,34,42-43,47H,3-5,7,9-10,15-16,20,22-24,26,28,32-33,35-41,46H2,1-2H3,(H,50,51)/b8-6-,13-11-,14-12-,18-17-,21-19-,27-25-,31-29-,34-30-/t42?,43-/m1/s1. The van der Waals surface area contributed by atoms with Crippen LogP contribution in [0.25, 0.3) is 0 Å². The molecule has 0 bridgehead atoms. The zero-order valence-electron chi connectivity index (χ0n) is 34.4. The Bertz CT molecular complexity index is 1250. The van der Waals surface area contributed by atoms with Crippen molar-refractivity contribution in [2.75, 3.05) is 26.4 Å². The fraction of sp³-hybridized carbons (Fsp3) is 0.600. The van der Waals surface area contributed by atoms with Crippen LogP contribution >= 0.6 is 7.82 Å². The Hall–Kier alpha value is -3.11. The predicted molar refractivity (Wildman–Crippen MR) is 230 cm³/mol. The summed E-state index contributed by atoms with van der Waals surface area (Å²) in [5, 5.41) is 10.2. The normalized spacial score (nSPS) is 14.9. The highest BCUT2D eigenvalue weighted by Crippen LogP contribution is 2.43. The van der Waals surface area contributed by atoms with Gasteiger partial charge in [0, 0.05) is 19.4 Å². The molecule has 0 saturated heterocycles. The van der Waals surface area contributed by atoms with Crippen molar-refractivity contribution in [3.8, 4) is 0 Å². The Morgan fingerprint density at radius 3 is 1.89 bits per heavy atom. The summed E-state index contributed by atoms with van der Waals surface area (Å²) in [4.78, 5) is 34.8. The fourth-order valence-electron chi connectivity index (χ4n) is 4.95. The highest BCUT2D eigenvalue weighted by atomic mass is 31.2. The van der Waals surface area contributed by atoms with Gasteiger partial charge in [-0.25, -0.2) is 4.57 Å². The number of ether oxygens (including phenoxy) is 2. The van der Waals surface area contributed by atoms with Gasteiger partial charge in [0.2, 0.25) is 0 Å². The monoisotopic (exact) mass is 804 g/mol. The Morgan fingerprint density at radius 2 is 1.23 bits per heavy atom. The van der Waals surface area contributed by atoms with Crippen LogP contribution in [0.2, 0.25) is 0 Å². The molecule has 10 nitrogen and oxygen atoms in total. The largest absolute Gasteiger partial charge is 0.472 e. The first kappa shape index (κ1) is 52.9. The molecule has 0 spiro atoms. The van der Waals surface area contributed by atoms with E-state index in [1.54, 1.807) is 18.2 Å². The van der Waals surface area contributed by atoms with Crippen LogP contribution in [0, 0.1) is 0 Å². The van der Waals surface area contributed by atoms with Gasteiger partial charge in [-0.15, -0.1) is 0 Å². The van der Waals surface area contributed by atoms with E-state index in [0.717, 1.165) is 70.6 Å². The van der Waals surface area contributed by atoms with Crippen LogP contribution in [0.5, 0.6) is 0 Å². The number of aliphatic hydroxyl groups excluding tert-OH is 1. The van der Waals surface area contributed by atoms with Gasteiger partial charge < -0.3 is 25.2 Å². The Morgan fingerprint density at radius 1 is 0.643 bits per heavy atom.